The standard InChI is InChI=1S/C14H16N2O/c17-14(7-10-3-1-2-4-10)12-9-16-13-5-6-15-8-11(12)13/h5-6,8-10,16H,1-4,7H2. The van der Waals surface area contributed by atoms with Crippen LogP contribution < -0.4 is 0 Å². The van der Waals surface area contributed by atoms with Crippen molar-refractivity contribution >= 4 is 16.7 Å². The minimum atomic E-state index is 0.260. The number of aromatic nitrogens is 2. The average molecular weight is 228 g/mol. The Morgan fingerprint density at radius 2 is 2.24 bits per heavy atom. The van der Waals surface area contributed by atoms with Crippen molar-refractivity contribution in [1.82, 2.24) is 9.97 Å². The first-order valence-electron chi connectivity index (χ1n) is 6.29. The molecule has 1 aliphatic rings. The molecule has 0 aromatic carbocycles. The summed E-state index contributed by atoms with van der Waals surface area (Å²) in [7, 11) is 0. The highest BCUT2D eigenvalue weighted by Gasteiger charge is 2.20. The fraction of sp³-hybridized carbons (Fsp3) is 0.429. The van der Waals surface area contributed by atoms with Crippen molar-refractivity contribution in [3.63, 3.8) is 0 Å². The second kappa shape index (κ2) is 4.32. The van der Waals surface area contributed by atoms with Gasteiger partial charge in [-0.05, 0) is 12.0 Å². The molecule has 2 aromatic heterocycles. The van der Waals surface area contributed by atoms with Gasteiger partial charge in [0.15, 0.2) is 5.78 Å². The Balaban J connectivity index is 1.85. The summed E-state index contributed by atoms with van der Waals surface area (Å²) in [5, 5.41) is 0.954. The molecule has 1 fully saturated rings. The van der Waals surface area contributed by atoms with Crippen LogP contribution in [-0.4, -0.2) is 15.8 Å². The summed E-state index contributed by atoms with van der Waals surface area (Å²) in [5.41, 5.74) is 1.80. The number of aromatic amines is 1. The maximum Gasteiger partial charge on any atom is 0.165 e. The molecule has 0 bridgehead atoms. The molecule has 0 radical (unpaired) electrons. The Morgan fingerprint density at radius 1 is 1.41 bits per heavy atom. The van der Waals surface area contributed by atoms with Gasteiger partial charge in [-0.3, -0.25) is 9.78 Å². The summed E-state index contributed by atoms with van der Waals surface area (Å²) < 4.78 is 0. The number of rotatable bonds is 3. The van der Waals surface area contributed by atoms with Crippen molar-refractivity contribution in [2.75, 3.05) is 0 Å². The smallest absolute Gasteiger partial charge is 0.165 e. The Labute approximate surface area is 100 Å². The summed E-state index contributed by atoms with van der Waals surface area (Å²) in [6.45, 7) is 0. The molecule has 17 heavy (non-hydrogen) atoms. The van der Waals surface area contributed by atoms with Crippen LogP contribution in [0.15, 0.2) is 24.7 Å². The van der Waals surface area contributed by atoms with E-state index in [0.717, 1.165) is 16.5 Å². The number of nitrogens with one attached hydrogen (secondary N) is 1. The van der Waals surface area contributed by atoms with Crippen molar-refractivity contribution < 1.29 is 4.79 Å². The molecule has 0 aliphatic heterocycles. The second-order valence-electron chi connectivity index (χ2n) is 4.90. The average Bonchev–Trinajstić information content (AvgIpc) is 2.96. The lowest BCUT2D eigenvalue weighted by Crippen LogP contribution is -2.05. The van der Waals surface area contributed by atoms with Gasteiger partial charge in [0.1, 0.15) is 0 Å². The van der Waals surface area contributed by atoms with Crippen molar-refractivity contribution in [1.29, 1.82) is 0 Å². The number of Topliss-reactive ketones (excluding diaryl/α,β-unsaturated/α-hetero) is 1. The number of ketones is 1. The Morgan fingerprint density at radius 3 is 3.06 bits per heavy atom. The van der Waals surface area contributed by atoms with Crippen molar-refractivity contribution in [2.24, 2.45) is 5.92 Å². The summed E-state index contributed by atoms with van der Waals surface area (Å²) in [4.78, 5) is 19.4. The van der Waals surface area contributed by atoms with Gasteiger partial charge in [0.2, 0.25) is 0 Å². The van der Waals surface area contributed by atoms with Crippen LogP contribution in [0.5, 0.6) is 0 Å². The van der Waals surface area contributed by atoms with E-state index in [-0.39, 0.29) is 5.78 Å². The zero-order chi connectivity index (χ0) is 11.7. The maximum absolute atomic E-state index is 12.2. The molecular weight excluding hydrogens is 212 g/mol. The number of hydrogen-bond donors (Lipinski definition) is 1. The fourth-order valence-electron chi connectivity index (χ4n) is 2.78. The van der Waals surface area contributed by atoms with E-state index >= 15 is 0 Å². The minimum absolute atomic E-state index is 0.260. The van der Waals surface area contributed by atoms with E-state index in [9.17, 15) is 4.79 Å². The van der Waals surface area contributed by atoms with Crippen LogP contribution in [0.1, 0.15) is 42.5 Å². The van der Waals surface area contributed by atoms with E-state index in [1.807, 2.05) is 12.3 Å². The first-order valence-corrected chi connectivity index (χ1v) is 6.29. The van der Waals surface area contributed by atoms with E-state index in [1.165, 1.54) is 25.7 Å². The van der Waals surface area contributed by atoms with Gasteiger partial charge in [0, 0.05) is 41.5 Å². The highest BCUT2D eigenvalue weighted by molar-refractivity contribution is 6.07. The number of carbonyl (C=O) groups excluding carboxylic acids is 1. The number of carbonyl (C=O) groups is 1. The SMILES string of the molecule is O=C(CC1CCCC1)c1c[nH]c2ccncc12. The van der Waals surface area contributed by atoms with Crippen LogP contribution >= 0.6 is 0 Å². The molecule has 88 valence electrons. The molecule has 3 heteroatoms. The molecule has 0 spiro atoms. The molecule has 1 N–H and O–H groups in total. The molecule has 0 atom stereocenters. The van der Waals surface area contributed by atoms with Gasteiger partial charge < -0.3 is 4.98 Å². The fourth-order valence-corrected chi connectivity index (χ4v) is 2.78. The highest BCUT2D eigenvalue weighted by Crippen LogP contribution is 2.29. The zero-order valence-electron chi connectivity index (χ0n) is 9.78. The highest BCUT2D eigenvalue weighted by atomic mass is 16.1. The van der Waals surface area contributed by atoms with Gasteiger partial charge >= 0.3 is 0 Å². The van der Waals surface area contributed by atoms with Gasteiger partial charge in [-0.2, -0.15) is 0 Å². The largest absolute Gasteiger partial charge is 0.360 e. The van der Waals surface area contributed by atoms with Gasteiger partial charge in [-0.15, -0.1) is 0 Å². The first-order chi connectivity index (χ1) is 8.34. The van der Waals surface area contributed by atoms with E-state index in [0.29, 0.717) is 12.3 Å². The number of fused-ring (bicyclic) bond motifs is 1. The van der Waals surface area contributed by atoms with Crippen LogP contribution in [0.4, 0.5) is 0 Å². The van der Waals surface area contributed by atoms with Crippen molar-refractivity contribution in [3.8, 4) is 0 Å². The van der Waals surface area contributed by atoms with Gasteiger partial charge in [0.05, 0.1) is 0 Å². The van der Waals surface area contributed by atoms with Gasteiger partial charge in [-0.1, -0.05) is 25.7 Å². The van der Waals surface area contributed by atoms with Crippen molar-refractivity contribution in [3.05, 3.63) is 30.2 Å². The Kier molecular flexibility index (Phi) is 2.67. The molecule has 0 amide bonds. The topological polar surface area (TPSA) is 45.8 Å². The van der Waals surface area contributed by atoms with Crippen LogP contribution in [-0.2, 0) is 0 Å². The normalized spacial score (nSPS) is 16.7. The predicted octanol–water partition coefficient (Wildman–Crippen LogP) is 3.33. The molecule has 2 aromatic rings. The second-order valence-corrected chi connectivity index (χ2v) is 4.90. The minimum Gasteiger partial charge on any atom is -0.360 e. The van der Waals surface area contributed by atoms with Gasteiger partial charge in [0.25, 0.3) is 0 Å². The zero-order valence-corrected chi connectivity index (χ0v) is 9.78. The lowest BCUT2D eigenvalue weighted by Gasteiger charge is -2.06. The summed E-state index contributed by atoms with van der Waals surface area (Å²) in [6.07, 6.45) is 11.0. The first kappa shape index (κ1) is 10.5. The maximum atomic E-state index is 12.2. The number of pyridine rings is 1. The third-order valence-electron chi connectivity index (χ3n) is 3.73. The molecule has 3 rings (SSSR count). The van der Waals surface area contributed by atoms with Crippen molar-refractivity contribution in [2.45, 2.75) is 32.1 Å². The number of H-pyrrole nitrogens is 1. The predicted molar refractivity (Wildman–Crippen MR) is 67.0 cm³/mol. The van der Waals surface area contributed by atoms with Crippen LogP contribution in [0, 0.1) is 5.92 Å². The number of nitrogens with zero attached hydrogens (tertiary/aromatic N) is 1. The van der Waals surface area contributed by atoms with E-state index in [1.54, 1.807) is 12.4 Å². The monoisotopic (exact) mass is 228 g/mol. The van der Waals surface area contributed by atoms with E-state index in [2.05, 4.69) is 9.97 Å². The van der Waals surface area contributed by atoms with E-state index < -0.39 is 0 Å². The Bertz CT molecular complexity index is 538. The number of hydrogen-bond acceptors (Lipinski definition) is 2. The Hall–Kier alpha value is -1.64. The summed E-state index contributed by atoms with van der Waals surface area (Å²) >= 11 is 0. The van der Waals surface area contributed by atoms with E-state index in [4.69, 9.17) is 0 Å². The molecule has 1 aliphatic carbocycles. The molecule has 0 unspecified atom stereocenters. The lowest BCUT2D eigenvalue weighted by atomic mass is 9.97. The molecule has 1 saturated carbocycles. The molecule has 2 heterocycles. The van der Waals surface area contributed by atoms with Gasteiger partial charge in [-0.25, -0.2) is 0 Å². The third kappa shape index (κ3) is 1.97. The molecule has 3 nitrogen and oxygen atoms in total. The molecule has 0 saturated heterocycles. The summed E-state index contributed by atoms with van der Waals surface area (Å²) in [6, 6.07) is 1.90. The van der Waals surface area contributed by atoms with Crippen LogP contribution in [0.2, 0.25) is 0 Å². The summed E-state index contributed by atoms with van der Waals surface area (Å²) in [5.74, 6) is 0.861. The molecular formula is C14H16N2O. The van der Waals surface area contributed by atoms with Crippen LogP contribution in [0.25, 0.3) is 10.9 Å². The van der Waals surface area contributed by atoms with Crippen LogP contribution in [0.3, 0.4) is 0 Å². The third-order valence-corrected chi connectivity index (χ3v) is 3.73. The lowest BCUT2D eigenvalue weighted by molar-refractivity contribution is 0.0964. The quantitative estimate of drug-likeness (QED) is 0.819.